The van der Waals surface area contributed by atoms with Crippen LogP contribution in [0, 0.1) is 0 Å². The summed E-state index contributed by atoms with van der Waals surface area (Å²) in [5.74, 6) is 0.689. The molecule has 0 bridgehead atoms. The van der Waals surface area contributed by atoms with Gasteiger partial charge in [-0.1, -0.05) is 13.3 Å². The highest BCUT2D eigenvalue weighted by Gasteiger charge is 2.20. The molecule has 0 spiro atoms. The van der Waals surface area contributed by atoms with E-state index in [1.165, 1.54) is 5.69 Å². The number of anilines is 2. The number of benzene rings is 2. The van der Waals surface area contributed by atoms with E-state index in [9.17, 15) is 4.79 Å². The first-order valence-electron chi connectivity index (χ1n) is 9.76. The lowest BCUT2D eigenvalue weighted by Crippen LogP contribution is -2.29. The van der Waals surface area contributed by atoms with Gasteiger partial charge in [0, 0.05) is 36.1 Å². The fourth-order valence-electron chi connectivity index (χ4n) is 3.23. The van der Waals surface area contributed by atoms with Crippen LogP contribution in [0.1, 0.15) is 36.5 Å². The summed E-state index contributed by atoms with van der Waals surface area (Å²) in [5.41, 5.74) is 2.62. The summed E-state index contributed by atoms with van der Waals surface area (Å²) in [4.78, 5) is 14.8. The number of carbonyl (C=O) groups excluding carboxylic acids is 1. The van der Waals surface area contributed by atoms with Crippen molar-refractivity contribution in [3.63, 3.8) is 0 Å². The number of rotatable bonds is 8. The lowest BCUT2D eigenvalue weighted by Gasteiger charge is -2.19. The molecule has 1 aliphatic heterocycles. The van der Waals surface area contributed by atoms with Crippen LogP contribution in [0.25, 0.3) is 0 Å². The van der Waals surface area contributed by atoms with Crippen LogP contribution in [0.15, 0.2) is 48.5 Å². The maximum atomic E-state index is 12.4. The van der Waals surface area contributed by atoms with Gasteiger partial charge in [-0.2, -0.15) is 0 Å². The zero-order valence-electron chi connectivity index (χ0n) is 16.2. The van der Waals surface area contributed by atoms with Gasteiger partial charge in [-0.05, 0) is 68.4 Å². The molecule has 0 radical (unpaired) electrons. The summed E-state index contributed by atoms with van der Waals surface area (Å²) in [5, 5.41) is 6.29. The quantitative estimate of drug-likeness (QED) is 0.695. The van der Waals surface area contributed by atoms with Crippen molar-refractivity contribution >= 4 is 17.3 Å². The van der Waals surface area contributed by atoms with Crippen LogP contribution in [-0.4, -0.2) is 38.7 Å². The fraction of sp³-hybridized carbons (Fsp3) is 0.409. The van der Waals surface area contributed by atoms with Gasteiger partial charge in [0.05, 0.1) is 6.61 Å². The number of hydrogen-bond acceptors (Lipinski definition) is 4. The van der Waals surface area contributed by atoms with Crippen LogP contribution in [0.4, 0.5) is 11.4 Å². The smallest absolute Gasteiger partial charge is 0.255 e. The van der Waals surface area contributed by atoms with Crippen molar-refractivity contribution in [2.75, 3.05) is 37.0 Å². The summed E-state index contributed by atoms with van der Waals surface area (Å²) < 4.78 is 5.64. The van der Waals surface area contributed by atoms with Crippen LogP contribution in [0.2, 0.25) is 0 Å². The molecule has 0 saturated carbocycles. The Bertz CT molecular complexity index is 728. The van der Waals surface area contributed by atoms with Gasteiger partial charge in [0.15, 0.2) is 0 Å². The van der Waals surface area contributed by atoms with E-state index in [1.54, 1.807) is 12.1 Å². The summed E-state index contributed by atoms with van der Waals surface area (Å²) in [6.07, 6.45) is 3.30. The molecule has 1 aliphatic rings. The third-order valence-corrected chi connectivity index (χ3v) is 4.97. The van der Waals surface area contributed by atoms with Gasteiger partial charge >= 0.3 is 0 Å². The second kappa shape index (κ2) is 9.42. The minimum Gasteiger partial charge on any atom is -0.494 e. The maximum Gasteiger partial charge on any atom is 0.255 e. The van der Waals surface area contributed by atoms with E-state index in [-0.39, 0.29) is 5.91 Å². The van der Waals surface area contributed by atoms with Crippen molar-refractivity contribution in [2.24, 2.45) is 0 Å². The Hall–Kier alpha value is -2.53. The number of ether oxygens (including phenoxy) is 1. The van der Waals surface area contributed by atoms with E-state index in [1.807, 2.05) is 31.3 Å². The lowest BCUT2D eigenvalue weighted by atomic mass is 10.2. The van der Waals surface area contributed by atoms with Crippen molar-refractivity contribution in [1.29, 1.82) is 0 Å². The number of amides is 1. The van der Waals surface area contributed by atoms with Crippen molar-refractivity contribution in [3.8, 4) is 5.75 Å². The Morgan fingerprint density at radius 2 is 1.89 bits per heavy atom. The van der Waals surface area contributed by atoms with Crippen molar-refractivity contribution < 1.29 is 9.53 Å². The average Bonchev–Trinajstić information content (AvgIpc) is 3.18. The van der Waals surface area contributed by atoms with Gasteiger partial charge in [-0.15, -0.1) is 0 Å². The highest BCUT2D eigenvalue weighted by Crippen LogP contribution is 2.23. The van der Waals surface area contributed by atoms with Crippen LogP contribution in [0.5, 0.6) is 5.75 Å². The number of carbonyl (C=O) groups is 1. The fourth-order valence-corrected chi connectivity index (χ4v) is 3.23. The molecule has 5 heteroatoms. The van der Waals surface area contributed by atoms with Crippen molar-refractivity contribution in [3.05, 3.63) is 54.1 Å². The highest BCUT2D eigenvalue weighted by molar-refractivity contribution is 6.04. The van der Waals surface area contributed by atoms with E-state index in [2.05, 4.69) is 34.6 Å². The van der Waals surface area contributed by atoms with Gasteiger partial charge in [0.1, 0.15) is 5.75 Å². The average molecular weight is 367 g/mol. The van der Waals surface area contributed by atoms with Gasteiger partial charge in [-0.25, -0.2) is 0 Å². The second-order valence-electron chi connectivity index (χ2n) is 6.95. The molecule has 1 heterocycles. The molecule has 2 aromatic rings. The molecule has 1 saturated heterocycles. The normalized spacial score (nSPS) is 16.4. The second-order valence-corrected chi connectivity index (χ2v) is 6.95. The molecule has 0 aliphatic carbocycles. The molecule has 1 unspecified atom stereocenters. The van der Waals surface area contributed by atoms with Crippen LogP contribution in [0.3, 0.4) is 0 Å². The van der Waals surface area contributed by atoms with Crippen LogP contribution < -0.4 is 20.3 Å². The minimum absolute atomic E-state index is 0.112. The van der Waals surface area contributed by atoms with Crippen molar-refractivity contribution in [1.82, 2.24) is 5.32 Å². The van der Waals surface area contributed by atoms with E-state index in [0.29, 0.717) is 18.2 Å². The van der Waals surface area contributed by atoms with E-state index in [0.717, 1.165) is 43.8 Å². The Labute approximate surface area is 161 Å². The lowest BCUT2D eigenvalue weighted by molar-refractivity contribution is 0.102. The number of unbranched alkanes of at least 4 members (excludes halogenated alkanes) is 1. The summed E-state index contributed by atoms with van der Waals surface area (Å²) in [7, 11) is 2.01. The molecule has 3 rings (SSSR count). The van der Waals surface area contributed by atoms with Crippen LogP contribution >= 0.6 is 0 Å². The van der Waals surface area contributed by atoms with E-state index < -0.39 is 0 Å². The van der Waals surface area contributed by atoms with Crippen molar-refractivity contribution in [2.45, 2.75) is 32.2 Å². The Balaban J connectivity index is 1.54. The topological polar surface area (TPSA) is 53.6 Å². The first-order valence-corrected chi connectivity index (χ1v) is 9.76. The first kappa shape index (κ1) is 19.2. The summed E-state index contributed by atoms with van der Waals surface area (Å²) in [6, 6.07) is 15.9. The minimum atomic E-state index is -0.112. The molecule has 2 aromatic carbocycles. The number of hydrogen-bond donors (Lipinski definition) is 2. The molecular formula is C22H29N3O2. The predicted octanol–water partition coefficient (Wildman–Crippen LogP) is 3.92. The zero-order chi connectivity index (χ0) is 19.1. The SMILES string of the molecule is CCCCOc1ccc(C(=O)Nc2ccc(N3CCC(NC)C3)cc2)cc1. The number of nitrogens with zero attached hydrogens (tertiary/aromatic N) is 1. The Morgan fingerprint density at radius 1 is 1.15 bits per heavy atom. The van der Waals surface area contributed by atoms with Crippen LogP contribution in [-0.2, 0) is 0 Å². The molecule has 2 N–H and O–H groups in total. The van der Waals surface area contributed by atoms with Gasteiger partial charge in [0.25, 0.3) is 5.91 Å². The molecule has 0 aromatic heterocycles. The van der Waals surface area contributed by atoms with E-state index >= 15 is 0 Å². The van der Waals surface area contributed by atoms with E-state index in [4.69, 9.17) is 4.74 Å². The van der Waals surface area contributed by atoms with Gasteiger partial charge in [0.2, 0.25) is 0 Å². The number of nitrogens with one attached hydrogen (secondary N) is 2. The third kappa shape index (κ3) is 5.23. The molecule has 1 atom stereocenters. The van der Waals surface area contributed by atoms with Gasteiger partial charge in [-0.3, -0.25) is 4.79 Å². The molecule has 5 nitrogen and oxygen atoms in total. The molecular weight excluding hydrogens is 338 g/mol. The highest BCUT2D eigenvalue weighted by atomic mass is 16.5. The standard InChI is InChI=1S/C22H29N3O2/c1-3-4-15-27-21-11-5-17(6-12-21)22(26)24-18-7-9-20(10-8-18)25-14-13-19(16-25)23-2/h5-12,19,23H,3-4,13-16H2,1-2H3,(H,24,26). The molecule has 144 valence electrons. The summed E-state index contributed by atoms with van der Waals surface area (Å²) in [6.45, 7) is 4.92. The largest absolute Gasteiger partial charge is 0.494 e. The summed E-state index contributed by atoms with van der Waals surface area (Å²) >= 11 is 0. The number of likely N-dealkylation sites (N-methyl/N-ethyl adjacent to an activating group) is 1. The first-order chi connectivity index (χ1) is 13.2. The molecule has 27 heavy (non-hydrogen) atoms. The Kier molecular flexibility index (Phi) is 6.71. The monoisotopic (exact) mass is 367 g/mol. The zero-order valence-corrected chi connectivity index (χ0v) is 16.2. The van der Waals surface area contributed by atoms with Gasteiger partial charge < -0.3 is 20.3 Å². The molecule has 1 amide bonds. The predicted molar refractivity (Wildman–Crippen MR) is 111 cm³/mol. The third-order valence-electron chi connectivity index (χ3n) is 4.97. The molecule has 1 fully saturated rings. The maximum absolute atomic E-state index is 12.4. The Morgan fingerprint density at radius 3 is 2.52 bits per heavy atom.